The predicted molar refractivity (Wildman–Crippen MR) is 91.5 cm³/mol. The first-order chi connectivity index (χ1) is 9.87. The molecule has 1 aliphatic rings. The van der Waals surface area contributed by atoms with E-state index < -0.39 is 0 Å². The summed E-state index contributed by atoms with van der Waals surface area (Å²) in [4.78, 5) is 0. The van der Waals surface area contributed by atoms with E-state index in [4.69, 9.17) is 23.2 Å². The maximum Gasteiger partial charge on any atom is 0.0571 e. The third kappa shape index (κ3) is 2.77. The van der Waals surface area contributed by atoms with Crippen molar-refractivity contribution in [1.82, 2.24) is 0 Å². The van der Waals surface area contributed by atoms with Crippen molar-refractivity contribution in [1.29, 1.82) is 0 Å². The van der Waals surface area contributed by atoms with Gasteiger partial charge in [-0.15, -0.1) is 0 Å². The molecule has 0 saturated carbocycles. The van der Waals surface area contributed by atoms with Crippen molar-refractivity contribution in [3.63, 3.8) is 0 Å². The minimum absolute atomic E-state index is 0.152. The van der Waals surface area contributed by atoms with E-state index in [1.165, 1.54) is 11.1 Å². The quantitative estimate of drug-likeness (QED) is 0.711. The first-order valence-corrected chi connectivity index (χ1v) is 7.93. The number of rotatable bonds is 2. The van der Waals surface area contributed by atoms with E-state index in [2.05, 4.69) is 44.3 Å². The van der Waals surface area contributed by atoms with Gasteiger partial charge >= 0.3 is 0 Å². The van der Waals surface area contributed by atoms with Crippen molar-refractivity contribution < 1.29 is 0 Å². The second kappa shape index (κ2) is 5.23. The maximum absolute atomic E-state index is 6.19. The van der Waals surface area contributed by atoms with Gasteiger partial charge in [-0.3, -0.25) is 0 Å². The fraction of sp³-hybridized carbons (Fsp3) is 0.333. The zero-order valence-corrected chi connectivity index (χ0v) is 14.0. The summed E-state index contributed by atoms with van der Waals surface area (Å²) < 4.78 is 0. The zero-order valence-electron chi connectivity index (χ0n) is 12.5. The number of fused-ring (bicyclic) bond motifs is 1. The van der Waals surface area contributed by atoms with Crippen molar-refractivity contribution in [2.75, 3.05) is 5.32 Å². The highest BCUT2D eigenvalue weighted by Gasteiger charge is 2.39. The molecule has 1 nitrogen and oxygen atoms in total. The van der Waals surface area contributed by atoms with Gasteiger partial charge in [0.15, 0.2) is 0 Å². The van der Waals surface area contributed by atoms with Gasteiger partial charge in [-0.2, -0.15) is 0 Å². The molecule has 2 aromatic carbocycles. The molecule has 110 valence electrons. The van der Waals surface area contributed by atoms with E-state index in [-0.39, 0.29) is 11.5 Å². The number of halogens is 2. The molecule has 3 heteroatoms. The Morgan fingerprint density at radius 2 is 1.71 bits per heavy atom. The summed E-state index contributed by atoms with van der Waals surface area (Å²) in [5.41, 5.74) is 5.13. The molecule has 0 radical (unpaired) electrons. The van der Waals surface area contributed by atoms with E-state index in [0.29, 0.717) is 0 Å². The molecule has 0 bridgehead atoms. The molecule has 0 saturated heterocycles. The Morgan fingerprint density at radius 1 is 1.05 bits per heavy atom. The Bertz CT molecular complexity index is 692. The number of nitrogens with one attached hydrogen (secondary N) is 1. The van der Waals surface area contributed by atoms with E-state index in [0.717, 1.165) is 27.7 Å². The topological polar surface area (TPSA) is 12.0 Å². The Labute approximate surface area is 136 Å². The Hall–Kier alpha value is -1.18. The van der Waals surface area contributed by atoms with Gasteiger partial charge in [0.1, 0.15) is 0 Å². The largest absolute Gasteiger partial charge is 0.377 e. The minimum Gasteiger partial charge on any atom is -0.377 e. The zero-order chi connectivity index (χ0) is 15.2. The summed E-state index contributed by atoms with van der Waals surface area (Å²) in [5.74, 6) is 0. The second-order valence-corrected chi connectivity index (χ2v) is 7.42. The first kappa shape index (κ1) is 14.7. The monoisotopic (exact) mass is 319 g/mol. The number of hydrogen-bond acceptors (Lipinski definition) is 1. The summed E-state index contributed by atoms with van der Waals surface area (Å²) in [6.45, 7) is 6.67. The predicted octanol–water partition coefficient (Wildman–Crippen LogP) is 6.04. The lowest BCUT2D eigenvalue weighted by Gasteiger charge is -2.30. The van der Waals surface area contributed by atoms with E-state index in [1.807, 2.05) is 18.2 Å². The highest BCUT2D eigenvalue weighted by molar-refractivity contribution is 6.31. The molecule has 1 aliphatic carbocycles. The molecule has 0 spiro atoms. The third-order valence-corrected chi connectivity index (χ3v) is 4.80. The van der Waals surface area contributed by atoms with Crippen molar-refractivity contribution in [2.45, 2.75) is 33.2 Å². The molecule has 21 heavy (non-hydrogen) atoms. The average molecular weight is 320 g/mol. The molecule has 0 heterocycles. The van der Waals surface area contributed by atoms with Crippen LogP contribution in [-0.4, -0.2) is 0 Å². The lowest BCUT2D eigenvalue weighted by Crippen LogP contribution is -2.24. The number of benzene rings is 2. The molecule has 0 amide bonds. The Kier molecular flexibility index (Phi) is 3.67. The van der Waals surface area contributed by atoms with Gasteiger partial charge in [-0.05, 0) is 65.8 Å². The summed E-state index contributed by atoms with van der Waals surface area (Å²) >= 11 is 12.2. The fourth-order valence-electron chi connectivity index (χ4n) is 3.23. The van der Waals surface area contributed by atoms with Crippen LogP contribution in [0.5, 0.6) is 0 Å². The fourth-order valence-corrected chi connectivity index (χ4v) is 3.63. The van der Waals surface area contributed by atoms with Gasteiger partial charge in [-0.25, -0.2) is 0 Å². The summed E-state index contributed by atoms with van der Waals surface area (Å²) in [6, 6.07) is 12.4. The smallest absolute Gasteiger partial charge is 0.0571 e. The van der Waals surface area contributed by atoms with Gasteiger partial charge in [0.05, 0.1) is 6.04 Å². The van der Waals surface area contributed by atoms with Crippen LogP contribution in [0.1, 0.15) is 36.6 Å². The number of hydrogen-bond donors (Lipinski definition) is 1. The molecule has 1 unspecified atom stereocenters. The highest BCUT2D eigenvalue weighted by atomic mass is 35.5. The van der Waals surface area contributed by atoms with Crippen molar-refractivity contribution >= 4 is 28.9 Å². The van der Waals surface area contributed by atoms with Gasteiger partial charge in [0.25, 0.3) is 0 Å². The van der Waals surface area contributed by atoms with Crippen LogP contribution in [0.15, 0.2) is 36.4 Å². The molecule has 0 fully saturated rings. The minimum atomic E-state index is 0.152. The normalized spacial score (nSPS) is 19.4. The van der Waals surface area contributed by atoms with Crippen molar-refractivity contribution in [2.24, 2.45) is 5.41 Å². The van der Waals surface area contributed by atoms with Gasteiger partial charge in [0, 0.05) is 15.7 Å². The average Bonchev–Trinajstić information content (AvgIpc) is 2.63. The molecule has 2 aromatic rings. The summed E-state index contributed by atoms with van der Waals surface area (Å²) in [7, 11) is 0. The van der Waals surface area contributed by atoms with E-state index in [1.54, 1.807) is 0 Å². The van der Waals surface area contributed by atoms with E-state index in [9.17, 15) is 0 Å². The van der Waals surface area contributed by atoms with E-state index >= 15 is 0 Å². The van der Waals surface area contributed by atoms with Crippen LogP contribution in [0.4, 0.5) is 5.69 Å². The van der Waals surface area contributed by atoms with Crippen molar-refractivity contribution in [3.8, 4) is 0 Å². The maximum atomic E-state index is 6.19. The number of aryl methyl sites for hydroxylation is 1. The third-order valence-electron chi connectivity index (χ3n) is 4.33. The molecule has 1 N–H and O–H groups in total. The molecule has 0 aromatic heterocycles. The van der Waals surface area contributed by atoms with Gasteiger partial charge in [-0.1, -0.05) is 43.1 Å². The van der Waals surface area contributed by atoms with Crippen LogP contribution in [0.2, 0.25) is 10.0 Å². The molecule has 3 rings (SSSR count). The van der Waals surface area contributed by atoms with Gasteiger partial charge in [0.2, 0.25) is 0 Å². The molecule has 0 aliphatic heterocycles. The lowest BCUT2D eigenvalue weighted by molar-refractivity contribution is 0.337. The first-order valence-electron chi connectivity index (χ1n) is 7.18. The van der Waals surface area contributed by atoms with Crippen LogP contribution in [-0.2, 0) is 6.42 Å². The van der Waals surface area contributed by atoms with Crippen LogP contribution in [0, 0.1) is 12.3 Å². The van der Waals surface area contributed by atoms with Crippen LogP contribution < -0.4 is 5.32 Å². The van der Waals surface area contributed by atoms with Crippen molar-refractivity contribution in [3.05, 3.63) is 63.1 Å². The summed E-state index contributed by atoms with van der Waals surface area (Å²) in [5, 5.41) is 5.26. The van der Waals surface area contributed by atoms with Gasteiger partial charge < -0.3 is 5.32 Å². The SMILES string of the molecule is Cc1cc(Cl)ccc1NC1c2cc(Cl)ccc2CC1(C)C. The molecular weight excluding hydrogens is 301 g/mol. The van der Waals surface area contributed by atoms with Crippen LogP contribution in [0.25, 0.3) is 0 Å². The number of anilines is 1. The van der Waals surface area contributed by atoms with Crippen LogP contribution in [0.3, 0.4) is 0 Å². The Morgan fingerprint density at radius 3 is 2.43 bits per heavy atom. The molecular formula is C18H19Cl2N. The standard InChI is InChI=1S/C18H19Cl2N/c1-11-8-13(19)6-7-16(11)21-17-15-9-14(20)5-4-12(15)10-18(17,2)3/h4-9,17,21H,10H2,1-3H3. The Balaban J connectivity index is 1.99. The highest BCUT2D eigenvalue weighted by Crippen LogP contribution is 2.47. The summed E-state index contributed by atoms with van der Waals surface area (Å²) in [6.07, 6.45) is 1.06. The lowest BCUT2D eigenvalue weighted by atomic mass is 9.85. The molecule has 1 atom stereocenters. The second-order valence-electron chi connectivity index (χ2n) is 6.55. The van der Waals surface area contributed by atoms with Crippen LogP contribution >= 0.6 is 23.2 Å².